The molecule has 2 nitrogen and oxygen atoms in total. The van der Waals surface area contributed by atoms with Gasteiger partial charge in [0.05, 0.1) is 0 Å². The van der Waals surface area contributed by atoms with Gasteiger partial charge in [-0.15, -0.1) is 0 Å². The first-order valence-electron chi connectivity index (χ1n) is 7.50. The smallest absolute Gasteiger partial charge is 0.171 e. The Bertz CT molecular complexity index is 578. The van der Waals surface area contributed by atoms with Gasteiger partial charge in [0.25, 0.3) is 0 Å². The summed E-state index contributed by atoms with van der Waals surface area (Å²) in [5, 5.41) is 12.2. The van der Waals surface area contributed by atoms with Gasteiger partial charge in [0.15, 0.2) is 5.72 Å². The number of hydrogen-bond donors (Lipinski definition) is 1. The molecule has 1 fully saturated rings. The number of piperidine rings is 1. The highest BCUT2D eigenvalue weighted by atomic mass is 35.5. The zero-order chi connectivity index (χ0) is 14.7. The van der Waals surface area contributed by atoms with Crippen molar-refractivity contribution in [1.82, 2.24) is 4.90 Å². The lowest BCUT2D eigenvalue weighted by atomic mass is 9.91. The van der Waals surface area contributed by atoms with Crippen LogP contribution in [0.4, 0.5) is 0 Å². The van der Waals surface area contributed by atoms with Gasteiger partial charge in [-0.25, -0.2) is 0 Å². The van der Waals surface area contributed by atoms with Gasteiger partial charge in [-0.1, -0.05) is 60.5 Å². The molecule has 2 aromatic carbocycles. The molecule has 0 bridgehead atoms. The third kappa shape index (κ3) is 2.84. The lowest BCUT2D eigenvalue weighted by molar-refractivity contribution is -0.0894. The summed E-state index contributed by atoms with van der Waals surface area (Å²) in [7, 11) is 0. The van der Waals surface area contributed by atoms with E-state index in [-0.39, 0.29) is 0 Å². The molecule has 1 atom stereocenters. The molecule has 0 aliphatic carbocycles. The van der Waals surface area contributed by atoms with Crippen LogP contribution in [0.5, 0.6) is 0 Å². The van der Waals surface area contributed by atoms with Gasteiger partial charge in [0, 0.05) is 29.2 Å². The molecule has 0 aromatic heterocycles. The number of hydrogen-bond acceptors (Lipinski definition) is 2. The zero-order valence-corrected chi connectivity index (χ0v) is 12.8. The first-order valence-corrected chi connectivity index (χ1v) is 7.88. The van der Waals surface area contributed by atoms with Gasteiger partial charge >= 0.3 is 0 Å². The van der Waals surface area contributed by atoms with E-state index in [2.05, 4.69) is 4.90 Å². The summed E-state index contributed by atoms with van der Waals surface area (Å²) >= 11 is 6.00. The Morgan fingerprint density at radius 3 is 2.00 bits per heavy atom. The Labute approximate surface area is 131 Å². The maximum atomic E-state index is 11.6. The molecule has 1 aliphatic rings. The summed E-state index contributed by atoms with van der Waals surface area (Å²) < 4.78 is 0. The minimum atomic E-state index is -1.08. The quantitative estimate of drug-likeness (QED) is 0.925. The van der Waals surface area contributed by atoms with E-state index in [1.54, 1.807) is 0 Å². The van der Waals surface area contributed by atoms with Crippen molar-refractivity contribution in [3.8, 4) is 0 Å². The van der Waals surface area contributed by atoms with E-state index in [0.717, 1.165) is 37.1 Å². The molecule has 1 saturated heterocycles. The minimum Gasteiger partial charge on any atom is -0.367 e. The van der Waals surface area contributed by atoms with E-state index >= 15 is 0 Å². The molecule has 3 heteroatoms. The normalized spacial score (nSPS) is 19.1. The first-order chi connectivity index (χ1) is 10.2. The van der Waals surface area contributed by atoms with Crippen molar-refractivity contribution in [2.24, 2.45) is 0 Å². The molecule has 1 N–H and O–H groups in total. The summed E-state index contributed by atoms with van der Waals surface area (Å²) in [4.78, 5) is 2.18. The highest BCUT2D eigenvalue weighted by Crippen LogP contribution is 2.35. The molecule has 3 rings (SSSR count). The SMILES string of the molecule is OC(c1ccccc1)(c1ccc(Cl)cc1)N1CCCCC1. The fraction of sp³-hybridized carbons (Fsp3) is 0.333. The van der Waals surface area contributed by atoms with Gasteiger partial charge in [-0.05, 0) is 25.0 Å². The molecule has 0 amide bonds. The minimum absolute atomic E-state index is 0.688. The molecule has 1 aliphatic heterocycles. The second-order valence-electron chi connectivity index (χ2n) is 5.59. The maximum absolute atomic E-state index is 11.6. The van der Waals surface area contributed by atoms with Gasteiger partial charge in [-0.2, -0.15) is 0 Å². The van der Waals surface area contributed by atoms with Crippen LogP contribution < -0.4 is 0 Å². The largest absolute Gasteiger partial charge is 0.367 e. The molecule has 1 unspecified atom stereocenters. The van der Waals surface area contributed by atoms with Crippen LogP contribution in [0.3, 0.4) is 0 Å². The predicted octanol–water partition coefficient (Wildman–Crippen LogP) is 4.02. The fourth-order valence-corrected chi connectivity index (χ4v) is 3.23. The van der Waals surface area contributed by atoms with Crippen LogP contribution in [0.15, 0.2) is 54.6 Å². The highest BCUT2D eigenvalue weighted by molar-refractivity contribution is 6.30. The van der Waals surface area contributed by atoms with Crippen molar-refractivity contribution < 1.29 is 5.11 Å². The van der Waals surface area contributed by atoms with Crippen LogP contribution in [0, 0.1) is 0 Å². The third-order valence-electron chi connectivity index (χ3n) is 4.24. The lowest BCUT2D eigenvalue weighted by Gasteiger charge is -2.42. The van der Waals surface area contributed by atoms with Crippen LogP contribution in [0.2, 0.25) is 5.02 Å². The van der Waals surface area contributed by atoms with Gasteiger partial charge in [0.1, 0.15) is 0 Å². The summed E-state index contributed by atoms with van der Waals surface area (Å²) in [6.07, 6.45) is 3.49. The second kappa shape index (κ2) is 6.18. The number of rotatable bonds is 3. The predicted molar refractivity (Wildman–Crippen MR) is 86.3 cm³/mol. The highest BCUT2D eigenvalue weighted by Gasteiger charge is 2.38. The standard InChI is InChI=1S/C18H20ClNO/c19-17-11-9-16(10-12-17)18(21,15-7-3-1-4-8-15)20-13-5-2-6-14-20/h1,3-4,7-12,21H,2,5-6,13-14H2. The molecule has 2 aromatic rings. The number of nitrogens with zero attached hydrogens (tertiary/aromatic N) is 1. The Morgan fingerprint density at radius 1 is 0.810 bits per heavy atom. The molecule has 1 heterocycles. The molecule has 21 heavy (non-hydrogen) atoms. The zero-order valence-electron chi connectivity index (χ0n) is 12.0. The summed E-state index contributed by atoms with van der Waals surface area (Å²) in [6, 6.07) is 17.4. The Hall–Kier alpha value is -1.35. The van der Waals surface area contributed by atoms with Crippen molar-refractivity contribution in [2.75, 3.05) is 13.1 Å². The van der Waals surface area contributed by atoms with Gasteiger partial charge in [0.2, 0.25) is 0 Å². The fourth-order valence-electron chi connectivity index (χ4n) is 3.10. The van der Waals surface area contributed by atoms with E-state index in [1.165, 1.54) is 6.42 Å². The van der Waals surface area contributed by atoms with Crippen LogP contribution in [0.25, 0.3) is 0 Å². The van der Waals surface area contributed by atoms with Crippen molar-refractivity contribution in [3.63, 3.8) is 0 Å². The van der Waals surface area contributed by atoms with Crippen molar-refractivity contribution in [1.29, 1.82) is 0 Å². The molecule has 0 radical (unpaired) electrons. The van der Waals surface area contributed by atoms with Crippen molar-refractivity contribution in [2.45, 2.75) is 25.0 Å². The number of halogens is 1. The van der Waals surface area contributed by atoms with E-state index in [0.29, 0.717) is 5.02 Å². The molecule has 0 saturated carbocycles. The summed E-state index contributed by atoms with van der Waals surface area (Å²) in [6.45, 7) is 1.82. The van der Waals surface area contributed by atoms with E-state index in [9.17, 15) is 5.11 Å². The molecule has 110 valence electrons. The Kier molecular flexibility index (Phi) is 4.29. The van der Waals surface area contributed by atoms with Crippen molar-refractivity contribution in [3.05, 3.63) is 70.7 Å². The average Bonchev–Trinajstić information content (AvgIpc) is 2.56. The monoisotopic (exact) mass is 301 g/mol. The van der Waals surface area contributed by atoms with Crippen molar-refractivity contribution >= 4 is 11.6 Å². The van der Waals surface area contributed by atoms with Crippen LogP contribution in [-0.2, 0) is 5.72 Å². The Morgan fingerprint density at radius 2 is 1.38 bits per heavy atom. The number of aliphatic hydroxyl groups is 1. The van der Waals surface area contributed by atoms with Crippen LogP contribution in [-0.4, -0.2) is 23.1 Å². The van der Waals surface area contributed by atoms with Gasteiger partial charge in [-0.3, -0.25) is 4.90 Å². The van der Waals surface area contributed by atoms with E-state index in [4.69, 9.17) is 11.6 Å². The number of benzene rings is 2. The maximum Gasteiger partial charge on any atom is 0.171 e. The van der Waals surface area contributed by atoms with E-state index in [1.807, 2.05) is 54.6 Å². The van der Waals surface area contributed by atoms with Crippen LogP contribution >= 0.6 is 11.6 Å². The summed E-state index contributed by atoms with van der Waals surface area (Å²) in [5.41, 5.74) is 0.709. The molecular weight excluding hydrogens is 282 g/mol. The third-order valence-corrected chi connectivity index (χ3v) is 4.49. The number of likely N-dealkylation sites (tertiary alicyclic amines) is 1. The lowest BCUT2D eigenvalue weighted by Crippen LogP contribution is -2.49. The topological polar surface area (TPSA) is 23.5 Å². The molecular formula is C18H20ClNO. The van der Waals surface area contributed by atoms with Crippen LogP contribution in [0.1, 0.15) is 30.4 Å². The van der Waals surface area contributed by atoms with Gasteiger partial charge < -0.3 is 5.11 Å². The summed E-state index contributed by atoms with van der Waals surface area (Å²) in [5.74, 6) is 0. The Balaban J connectivity index is 2.07. The first kappa shape index (κ1) is 14.6. The average molecular weight is 302 g/mol. The second-order valence-corrected chi connectivity index (χ2v) is 6.03. The molecule has 0 spiro atoms. The van der Waals surface area contributed by atoms with E-state index < -0.39 is 5.72 Å².